The highest BCUT2D eigenvalue weighted by Gasteiger charge is 2.20. The topological polar surface area (TPSA) is 0 Å². The number of quaternary nitrogens is 1. The average Bonchev–Trinajstić information content (AvgIpc) is 3.25. The highest BCUT2D eigenvalue weighted by atomic mass is 15.3. The number of rotatable bonds is 55. The molecule has 0 aromatic rings. The SMILES string of the molecule is CCCCCCCCCCCCCCCCCCCCCC[N+](C)(CCCCCCCCCCCCCCCCCC)CCCCCCCCCCCCCCCCCC. The van der Waals surface area contributed by atoms with E-state index >= 15 is 0 Å². The standard InChI is InChI=1S/C59H122N/c1-5-8-11-14-17-20-23-26-29-32-33-34-35-38-41-44-47-50-53-56-59-60(4,57-54-51-48-45-42-39-36-30-27-24-21-18-15-12-9-6-2)58-55-52-49-46-43-40-37-31-28-25-22-19-16-13-10-7-3/h5-59H2,1-4H3/q+1. The van der Waals surface area contributed by atoms with Crippen molar-refractivity contribution in [3.63, 3.8) is 0 Å². The van der Waals surface area contributed by atoms with Crippen LogP contribution in [0.5, 0.6) is 0 Å². The van der Waals surface area contributed by atoms with Gasteiger partial charge in [0.25, 0.3) is 0 Å². The quantitative estimate of drug-likeness (QED) is 0.0423. The maximum Gasteiger partial charge on any atom is 0.0784 e. The summed E-state index contributed by atoms with van der Waals surface area (Å²) in [5, 5.41) is 0. The largest absolute Gasteiger partial charge is 0.326 e. The summed E-state index contributed by atoms with van der Waals surface area (Å²) in [6.07, 6.45) is 76.7. The first-order valence-corrected chi connectivity index (χ1v) is 29.5. The molecule has 0 aliphatic heterocycles. The normalized spacial score (nSPS) is 12.0. The fourth-order valence-corrected chi connectivity index (χ4v) is 10.2. The second-order valence-electron chi connectivity index (χ2n) is 21.1. The van der Waals surface area contributed by atoms with Gasteiger partial charge in [0.05, 0.1) is 26.7 Å². The van der Waals surface area contributed by atoms with E-state index in [0.29, 0.717) is 0 Å². The Bertz CT molecular complexity index is 693. The zero-order valence-corrected chi connectivity index (χ0v) is 43.3. The van der Waals surface area contributed by atoms with Crippen LogP contribution in [0.25, 0.3) is 0 Å². The summed E-state index contributed by atoms with van der Waals surface area (Å²) < 4.78 is 1.37. The molecule has 0 fully saturated rings. The third kappa shape index (κ3) is 50.6. The molecule has 0 saturated carbocycles. The Labute approximate surface area is 384 Å². The Morgan fingerprint density at radius 3 is 0.367 bits per heavy atom. The molecule has 0 N–H and O–H groups in total. The molecule has 1 nitrogen and oxygen atoms in total. The summed E-state index contributed by atoms with van der Waals surface area (Å²) in [4.78, 5) is 0. The average molecular weight is 846 g/mol. The zero-order valence-electron chi connectivity index (χ0n) is 43.3. The Kier molecular flexibility index (Phi) is 53.3. The Balaban J connectivity index is 4.06. The lowest BCUT2D eigenvalue weighted by molar-refractivity contribution is -0.910. The molecule has 1 heteroatoms. The Morgan fingerprint density at radius 1 is 0.150 bits per heavy atom. The summed E-state index contributed by atoms with van der Waals surface area (Å²) in [5.74, 6) is 0. The molecule has 0 aliphatic rings. The van der Waals surface area contributed by atoms with E-state index in [0.717, 1.165) is 0 Å². The number of nitrogens with zero attached hydrogens (tertiary/aromatic N) is 1. The molecule has 60 heavy (non-hydrogen) atoms. The lowest BCUT2D eigenvalue weighted by Crippen LogP contribution is -2.46. The predicted octanol–water partition coefficient (Wildman–Crippen LogP) is 21.8. The highest BCUT2D eigenvalue weighted by molar-refractivity contribution is 4.55. The molecular formula is C59H122N+. The van der Waals surface area contributed by atoms with Gasteiger partial charge >= 0.3 is 0 Å². The first-order chi connectivity index (χ1) is 29.7. The van der Waals surface area contributed by atoms with Crippen molar-refractivity contribution in [1.29, 1.82) is 0 Å². The third-order valence-electron chi connectivity index (χ3n) is 14.7. The highest BCUT2D eigenvalue weighted by Crippen LogP contribution is 2.20. The van der Waals surface area contributed by atoms with Crippen LogP contribution < -0.4 is 0 Å². The molecule has 0 amide bonds. The van der Waals surface area contributed by atoms with Crippen molar-refractivity contribution in [3.05, 3.63) is 0 Å². The predicted molar refractivity (Wildman–Crippen MR) is 278 cm³/mol. The van der Waals surface area contributed by atoms with Crippen LogP contribution in [0.15, 0.2) is 0 Å². The molecule has 0 unspecified atom stereocenters. The van der Waals surface area contributed by atoms with Gasteiger partial charge in [0, 0.05) is 0 Å². The van der Waals surface area contributed by atoms with Crippen LogP contribution in [-0.2, 0) is 0 Å². The van der Waals surface area contributed by atoms with E-state index in [1.807, 2.05) is 0 Å². The van der Waals surface area contributed by atoms with E-state index in [1.165, 1.54) is 358 Å². The minimum absolute atomic E-state index is 1.37. The van der Waals surface area contributed by atoms with Crippen molar-refractivity contribution in [1.82, 2.24) is 0 Å². The van der Waals surface area contributed by atoms with Gasteiger partial charge in [0.2, 0.25) is 0 Å². The minimum Gasteiger partial charge on any atom is -0.326 e. The lowest BCUT2D eigenvalue weighted by atomic mass is 10.0. The number of hydrogen-bond donors (Lipinski definition) is 0. The first-order valence-electron chi connectivity index (χ1n) is 29.5. The van der Waals surface area contributed by atoms with Crippen molar-refractivity contribution in [2.45, 2.75) is 355 Å². The minimum atomic E-state index is 1.37. The van der Waals surface area contributed by atoms with Crippen molar-refractivity contribution < 1.29 is 4.48 Å². The van der Waals surface area contributed by atoms with Gasteiger partial charge in [-0.05, 0) is 38.5 Å². The van der Waals surface area contributed by atoms with Crippen molar-refractivity contribution >= 4 is 0 Å². The van der Waals surface area contributed by atoms with Gasteiger partial charge in [-0.2, -0.15) is 0 Å². The second kappa shape index (κ2) is 53.3. The van der Waals surface area contributed by atoms with Crippen LogP contribution in [0, 0.1) is 0 Å². The Hall–Kier alpha value is -0.0400. The van der Waals surface area contributed by atoms with Crippen LogP contribution in [0.2, 0.25) is 0 Å². The maximum absolute atomic E-state index is 2.64. The van der Waals surface area contributed by atoms with Gasteiger partial charge in [-0.1, -0.05) is 316 Å². The van der Waals surface area contributed by atoms with Crippen LogP contribution in [-0.4, -0.2) is 31.2 Å². The van der Waals surface area contributed by atoms with Crippen molar-refractivity contribution in [3.8, 4) is 0 Å². The van der Waals surface area contributed by atoms with Gasteiger partial charge in [0.1, 0.15) is 0 Å². The maximum atomic E-state index is 2.64. The number of hydrogen-bond acceptors (Lipinski definition) is 0. The molecule has 0 aliphatic carbocycles. The van der Waals surface area contributed by atoms with E-state index in [9.17, 15) is 0 Å². The second-order valence-corrected chi connectivity index (χ2v) is 21.1. The molecule has 0 heterocycles. The fraction of sp³-hybridized carbons (Fsp3) is 1.00. The van der Waals surface area contributed by atoms with Crippen LogP contribution in [0.4, 0.5) is 0 Å². The van der Waals surface area contributed by atoms with Gasteiger partial charge in [-0.15, -0.1) is 0 Å². The zero-order chi connectivity index (χ0) is 43.4. The van der Waals surface area contributed by atoms with E-state index < -0.39 is 0 Å². The molecular weight excluding hydrogens is 723 g/mol. The summed E-state index contributed by atoms with van der Waals surface area (Å²) in [5.41, 5.74) is 0. The van der Waals surface area contributed by atoms with E-state index in [2.05, 4.69) is 27.8 Å². The summed E-state index contributed by atoms with van der Waals surface area (Å²) in [6.45, 7) is 11.3. The van der Waals surface area contributed by atoms with Gasteiger partial charge < -0.3 is 4.48 Å². The van der Waals surface area contributed by atoms with E-state index in [-0.39, 0.29) is 0 Å². The Morgan fingerprint density at radius 2 is 0.250 bits per heavy atom. The van der Waals surface area contributed by atoms with E-state index in [1.54, 1.807) is 0 Å². The molecule has 0 aromatic heterocycles. The molecule has 0 radical (unpaired) electrons. The summed E-state index contributed by atoms with van der Waals surface area (Å²) >= 11 is 0. The van der Waals surface area contributed by atoms with Gasteiger partial charge in [-0.3, -0.25) is 0 Å². The summed E-state index contributed by atoms with van der Waals surface area (Å²) in [6, 6.07) is 0. The molecule has 0 rings (SSSR count). The van der Waals surface area contributed by atoms with Crippen LogP contribution in [0.3, 0.4) is 0 Å². The lowest BCUT2D eigenvalue weighted by Gasteiger charge is -2.35. The van der Waals surface area contributed by atoms with Crippen molar-refractivity contribution in [2.24, 2.45) is 0 Å². The van der Waals surface area contributed by atoms with Crippen LogP contribution >= 0.6 is 0 Å². The molecule has 362 valence electrons. The molecule has 0 spiro atoms. The fourth-order valence-electron chi connectivity index (χ4n) is 10.2. The monoisotopic (exact) mass is 845 g/mol. The van der Waals surface area contributed by atoms with E-state index in [4.69, 9.17) is 0 Å². The van der Waals surface area contributed by atoms with Gasteiger partial charge in [0.15, 0.2) is 0 Å². The molecule has 0 saturated heterocycles. The first kappa shape index (κ1) is 60.0. The summed E-state index contributed by atoms with van der Waals surface area (Å²) in [7, 11) is 2.64. The smallest absolute Gasteiger partial charge is 0.0784 e. The third-order valence-corrected chi connectivity index (χ3v) is 14.7. The van der Waals surface area contributed by atoms with Gasteiger partial charge in [-0.25, -0.2) is 0 Å². The van der Waals surface area contributed by atoms with Crippen molar-refractivity contribution in [2.75, 3.05) is 26.7 Å². The number of unbranched alkanes of at least 4 members (excludes halogenated alkanes) is 49. The van der Waals surface area contributed by atoms with Crippen LogP contribution in [0.1, 0.15) is 355 Å². The molecule has 0 atom stereocenters. The molecule has 0 aromatic carbocycles. The molecule has 0 bridgehead atoms.